The van der Waals surface area contributed by atoms with Crippen LogP contribution in [0.4, 0.5) is 0 Å². The summed E-state index contributed by atoms with van der Waals surface area (Å²) in [6.45, 7) is 2.93. The third-order valence-electron chi connectivity index (χ3n) is 5.66. The van der Waals surface area contributed by atoms with Gasteiger partial charge in [0.1, 0.15) is 18.1 Å². The van der Waals surface area contributed by atoms with E-state index in [9.17, 15) is 4.79 Å². The molecule has 0 fully saturated rings. The maximum Gasteiger partial charge on any atom is 0.337 e. The van der Waals surface area contributed by atoms with Crippen LogP contribution in [-0.4, -0.2) is 32.8 Å². The van der Waals surface area contributed by atoms with Crippen molar-refractivity contribution in [2.75, 3.05) is 7.11 Å². The molecule has 0 spiro atoms. The second-order valence-corrected chi connectivity index (χ2v) is 8.63. The van der Waals surface area contributed by atoms with Gasteiger partial charge >= 0.3 is 5.97 Å². The summed E-state index contributed by atoms with van der Waals surface area (Å²) < 4.78 is 12.7. The first-order chi connectivity index (χ1) is 17.0. The first kappa shape index (κ1) is 22.7. The maximum atomic E-state index is 11.9. The number of hydrogen-bond acceptors (Lipinski definition) is 5. The fraction of sp³-hybridized carbons (Fsp3) is 0.148. The van der Waals surface area contributed by atoms with Crippen molar-refractivity contribution in [3.63, 3.8) is 0 Å². The Morgan fingerprint density at radius 2 is 1.91 bits per heavy atom. The highest BCUT2D eigenvalue weighted by Crippen LogP contribution is 2.27. The number of halogens is 1. The molecule has 0 radical (unpaired) electrons. The van der Waals surface area contributed by atoms with Crippen molar-refractivity contribution < 1.29 is 14.3 Å². The van der Waals surface area contributed by atoms with Gasteiger partial charge in [-0.3, -0.25) is 4.68 Å². The number of imidazole rings is 1. The second-order valence-electron chi connectivity index (χ2n) is 8.19. The highest BCUT2D eigenvalue weighted by atomic mass is 35.5. The fourth-order valence-corrected chi connectivity index (χ4v) is 4.12. The molecule has 35 heavy (non-hydrogen) atoms. The SMILES string of the molecule is COC(=O)c1ccc2nc(-c3nn(Cc4cc(Cl)ccc4OCc4ccccc4)cc3C)[nH]c2c1. The van der Waals surface area contributed by atoms with Gasteiger partial charge in [-0.25, -0.2) is 9.78 Å². The number of hydrogen-bond donors (Lipinski definition) is 1. The number of ether oxygens (including phenoxy) is 2. The first-order valence-corrected chi connectivity index (χ1v) is 11.5. The summed E-state index contributed by atoms with van der Waals surface area (Å²) >= 11 is 6.29. The fourth-order valence-electron chi connectivity index (χ4n) is 3.92. The number of benzene rings is 3. The molecule has 5 rings (SSSR count). The summed E-state index contributed by atoms with van der Waals surface area (Å²) in [5.41, 5.74) is 5.65. The third kappa shape index (κ3) is 4.90. The van der Waals surface area contributed by atoms with Crippen molar-refractivity contribution in [2.45, 2.75) is 20.1 Å². The number of fused-ring (bicyclic) bond motifs is 1. The molecule has 176 valence electrons. The van der Waals surface area contributed by atoms with Crippen LogP contribution in [-0.2, 0) is 17.9 Å². The molecule has 3 aromatic carbocycles. The van der Waals surface area contributed by atoms with E-state index in [1.807, 2.05) is 66.3 Å². The molecule has 1 N–H and O–H groups in total. The van der Waals surface area contributed by atoms with Gasteiger partial charge in [-0.15, -0.1) is 0 Å². The Morgan fingerprint density at radius 1 is 1.09 bits per heavy atom. The normalized spacial score (nSPS) is 11.1. The van der Waals surface area contributed by atoms with E-state index in [0.717, 1.165) is 39.2 Å². The Morgan fingerprint density at radius 3 is 2.71 bits per heavy atom. The lowest BCUT2D eigenvalue weighted by Crippen LogP contribution is -2.04. The van der Waals surface area contributed by atoms with Crippen molar-refractivity contribution in [2.24, 2.45) is 0 Å². The average Bonchev–Trinajstić information content (AvgIpc) is 3.45. The van der Waals surface area contributed by atoms with Crippen molar-refractivity contribution in [1.82, 2.24) is 19.7 Å². The Bertz CT molecular complexity index is 1510. The molecule has 0 amide bonds. The molecule has 8 heteroatoms. The van der Waals surface area contributed by atoms with Crippen LogP contribution in [0.3, 0.4) is 0 Å². The van der Waals surface area contributed by atoms with Crippen LogP contribution in [0.25, 0.3) is 22.6 Å². The molecule has 0 aliphatic carbocycles. The van der Waals surface area contributed by atoms with E-state index >= 15 is 0 Å². The third-order valence-corrected chi connectivity index (χ3v) is 5.90. The van der Waals surface area contributed by atoms with Gasteiger partial charge in [0.15, 0.2) is 5.82 Å². The molecule has 0 saturated carbocycles. The standard InChI is InChI=1S/C27H23ClN4O3/c1-17-14-32(15-20-12-21(28)9-11-24(20)35-16-18-6-4-3-5-7-18)31-25(17)26-29-22-10-8-19(27(33)34-2)13-23(22)30-26/h3-14H,15-16H2,1-2H3,(H,29,30). The number of carbonyl (C=O) groups excluding carboxylic acids is 1. The summed E-state index contributed by atoms with van der Waals surface area (Å²) in [4.78, 5) is 19.8. The maximum absolute atomic E-state index is 11.9. The molecular formula is C27H23ClN4O3. The lowest BCUT2D eigenvalue weighted by molar-refractivity contribution is 0.0601. The van der Waals surface area contributed by atoms with Gasteiger partial charge in [0.05, 0.1) is 30.3 Å². The van der Waals surface area contributed by atoms with Gasteiger partial charge < -0.3 is 14.5 Å². The molecule has 0 bridgehead atoms. The van der Waals surface area contributed by atoms with Gasteiger partial charge in [0, 0.05) is 16.8 Å². The number of rotatable bonds is 7. The Labute approximate surface area is 207 Å². The van der Waals surface area contributed by atoms with Crippen molar-refractivity contribution in [3.8, 4) is 17.3 Å². The number of H-pyrrole nitrogens is 1. The van der Waals surface area contributed by atoms with Crippen molar-refractivity contribution in [3.05, 3.63) is 100 Å². The molecule has 0 saturated heterocycles. The minimum Gasteiger partial charge on any atom is -0.489 e. The molecule has 0 unspecified atom stereocenters. The molecule has 2 aromatic heterocycles. The average molecular weight is 487 g/mol. The van der Waals surface area contributed by atoms with Gasteiger partial charge in [-0.05, 0) is 54.4 Å². The lowest BCUT2D eigenvalue weighted by Gasteiger charge is -2.12. The Hall–Kier alpha value is -4.10. The predicted molar refractivity (Wildman–Crippen MR) is 135 cm³/mol. The minimum absolute atomic E-state index is 0.393. The largest absolute Gasteiger partial charge is 0.489 e. The van der Waals surface area contributed by atoms with Crippen molar-refractivity contribution >= 4 is 28.6 Å². The molecular weight excluding hydrogens is 464 g/mol. The number of carbonyl (C=O) groups is 1. The zero-order valence-electron chi connectivity index (χ0n) is 19.3. The summed E-state index contributed by atoms with van der Waals surface area (Å²) in [6.07, 6.45) is 1.96. The van der Waals surface area contributed by atoms with Crippen LogP contribution in [0.2, 0.25) is 5.02 Å². The number of aryl methyl sites for hydroxylation is 1. The van der Waals surface area contributed by atoms with E-state index < -0.39 is 5.97 Å². The number of nitrogens with one attached hydrogen (secondary N) is 1. The van der Waals surface area contributed by atoms with E-state index in [4.69, 9.17) is 26.2 Å². The summed E-state index contributed by atoms with van der Waals surface area (Å²) in [5, 5.41) is 5.40. The number of esters is 1. The summed E-state index contributed by atoms with van der Waals surface area (Å²) in [5.74, 6) is 0.993. The topological polar surface area (TPSA) is 82.0 Å². The summed E-state index contributed by atoms with van der Waals surface area (Å²) in [6, 6.07) is 20.8. The number of nitrogens with zero attached hydrogens (tertiary/aromatic N) is 3. The molecule has 0 atom stereocenters. The first-order valence-electron chi connectivity index (χ1n) is 11.1. The Balaban J connectivity index is 1.40. The van der Waals surface area contributed by atoms with Gasteiger partial charge in [0.2, 0.25) is 0 Å². The van der Waals surface area contributed by atoms with E-state index in [1.165, 1.54) is 7.11 Å². The van der Waals surface area contributed by atoms with Crippen LogP contribution in [0.1, 0.15) is 27.0 Å². The number of aromatic nitrogens is 4. The van der Waals surface area contributed by atoms with E-state index in [1.54, 1.807) is 18.2 Å². The van der Waals surface area contributed by atoms with Crippen LogP contribution >= 0.6 is 11.6 Å². The van der Waals surface area contributed by atoms with E-state index in [-0.39, 0.29) is 0 Å². The van der Waals surface area contributed by atoms with Gasteiger partial charge in [-0.1, -0.05) is 41.9 Å². The monoisotopic (exact) mass is 486 g/mol. The highest BCUT2D eigenvalue weighted by molar-refractivity contribution is 6.30. The zero-order chi connectivity index (χ0) is 24.4. The van der Waals surface area contributed by atoms with Gasteiger partial charge in [0.25, 0.3) is 0 Å². The minimum atomic E-state index is -0.393. The molecule has 5 aromatic rings. The van der Waals surface area contributed by atoms with Crippen LogP contribution < -0.4 is 4.74 Å². The number of aromatic amines is 1. The zero-order valence-corrected chi connectivity index (χ0v) is 20.0. The van der Waals surface area contributed by atoms with Gasteiger partial charge in [-0.2, -0.15) is 5.10 Å². The van der Waals surface area contributed by atoms with Crippen molar-refractivity contribution in [1.29, 1.82) is 0 Å². The predicted octanol–water partition coefficient (Wildman–Crippen LogP) is 5.80. The number of methoxy groups -OCH3 is 1. The smallest absolute Gasteiger partial charge is 0.337 e. The van der Waals surface area contributed by atoms with Crippen LogP contribution in [0.5, 0.6) is 5.75 Å². The molecule has 2 heterocycles. The highest BCUT2D eigenvalue weighted by Gasteiger charge is 2.15. The van der Waals surface area contributed by atoms with Crippen LogP contribution in [0.15, 0.2) is 72.9 Å². The quantitative estimate of drug-likeness (QED) is 0.294. The Kier molecular flexibility index (Phi) is 6.25. The molecule has 7 nitrogen and oxygen atoms in total. The lowest BCUT2D eigenvalue weighted by atomic mass is 10.2. The van der Waals surface area contributed by atoms with E-state index in [0.29, 0.717) is 29.6 Å². The summed E-state index contributed by atoms with van der Waals surface area (Å²) in [7, 11) is 1.36. The van der Waals surface area contributed by atoms with E-state index in [2.05, 4.69) is 9.97 Å². The van der Waals surface area contributed by atoms with Crippen LogP contribution in [0, 0.1) is 6.92 Å². The second kappa shape index (κ2) is 9.64. The molecule has 0 aliphatic heterocycles. The molecule has 0 aliphatic rings.